The monoisotopic (exact) mass is 256 g/mol. The molecule has 0 aliphatic rings. The number of ether oxygens (including phenoxy) is 1. The van der Waals surface area contributed by atoms with Gasteiger partial charge in [-0.25, -0.2) is 0 Å². The summed E-state index contributed by atoms with van der Waals surface area (Å²) in [6, 6.07) is 11.2. The van der Waals surface area contributed by atoms with Crippen LogP contribution in [0.25, 0.3) is 0 Å². The zero-order chi connectivity index (χ0) is 13.5. The Kier molecular flexibility index (Phi) is 4.50. The topological polar surface area (TPSA) is 51.2 Å². The molecule has 0 saturated heterocycles. The van der Waals surface area contributed by atoms with Crippen molar-refractivity contribution in [1.82, 2.24) is 10.3 Å². The highest BCUT2D eigenvalue weighted by Gasteiger charge is 2.03. The first-order valence-corrected chi connectivity index (χ1v) is 6.13. The summed E-state index contributed by atoms with van der Waals surface area (Å²) in [5, 5.41) is 2.79. The number of aryl methyl sites for hydroxylation is 1. The van der Waals surface area contributed by atoms with E-state index >= 15 is 0 Å². The molecule has 4 heteroatoms. The van der Waals surface area contributed by atoms with Crippen molar-refractivity contribution in [3.63, 3.8) is 0 Å². The first-order valence-electron chi connectivity index (χ1n) is 6.13. The standard InChI is InChI=1S/C15H16N2O2/c1-12-3-2-4-14(11-12)19-10-9-17-15(18)13-5-7-16-8-6-13/h2-8,11H,9-10H2,1H3,(H,17,18). The minimum absolute atomic E-state index is 0.116. The van der Waals surface area contributed by atoms with E-state index < -0.39 is 0 Å². The van der Waals surface area contributed by atoms with E-state index in [-0.39, 0.29) is 5.91 Å². The predicted octanol–water partition coefficient (Wildman–Crippen LogP) is 2.20. The first-order chi connectivity index (χ1) is 9.25. The number of benzene rings is 1. The maximum Gasteiger partial charge on any atom is 0.251 e. The van der Waals surface area contributed by atoms with Gasteiger partial charge in [0.1, 0.15) is 12.4 Å². The summed E-state index contributed by atoms with van der Waals surface area (Å²) in [7, 11) is 0. The first kappa shape index (κ1) is 13.1. The van der Waals surface area contributed by atoms with E-state index in [1.165, 1.54) is 0 Å². The van der Waals surface area contributed by atoms with Crippen molar-refractivity contribution in [1.29, 1.82) is 0 Å². The Morgan fingerprint density at radius 1 is 1.26 bits per heavy atom. The van der Waals surface area contributed by atoms with Crippen molar-refractivity contribution < 1.29 is 9.53 Å². The smallest absolute Gasteiger partial charge is 0.251 e. The number of aromatic nitrogens is 1. The van der Waals surface area contributed by atoms with Gasteiger partial charge in [0.15, 0.2) is 0 Å². The fraction of sp³-hybridized carbons (Fsp3) is 0.200. The van der Waals surface area contributed by atoms with Crippen molar-refractivity contribution in [3.8, 4) is 5.75 Å². The predicted molar refractivity (Wildman–Crippen MR) is 73.2 cm³/mol. The van der Waals surface area contributed by atoms with Crippen molar-refractivity contribution in [2.24, 2.45) is 0 Å². The fourth-order valence-electron chi connectivity index (χ4n) is 1.64. The van der Waals surface area contributed by atoms with Crippen LogP contribution < -0.4 is 10.1 Å². The van der Waals surface area contributed by atoms with Gasteiger partial charge in [-0.15, -0.1) is 0 Å². The Morgan fingerprint density at radius 3 is 2.79 bits per heavy atom. The summed E-state index contributed by atoms with van der Waals surface area (Å²) < 4.78 is 5.55. The van der Waals surface area contributed by atoms with Crippen LogP contribution in [0, 0.1) is 6.92 Å². The molecule has 0 radical (unpaired) electrons. The van der Waals surface area contributed by atoms with Crippen molar-refractivity contribution >= 4 is 5.91 Å². The second-order valence-electron chi connectivity index (χ2n) is 4.16. The van der Waals surface area contributed by atoms with E-state index in [2.05, 4.69) is 10.3 Å². The Bertz CT molecular complexity index is 541. The van der Waals surface area contributed by atoms with Crippen LogP contribution in [-0.4, -0.2) is 24.0 Å². The SMILES string of the molecule is Cc1cccc(OCCNC(=O)c2ccncc2)c1. The lowest BCUT2D eigenvalue weighted by Crippen LogP contribution is -2.28. The molecular formula is C15H16N2O2. The third-order valence-corrected chi connectivity index (χ3v) is 2.59. The van der Waals surface area contributed by atoms with Crippen LogP contribution in [0.3, 0.4) is 0 Å². The highest BCUT2D eigenvalue weighted by atomic mass is 16.5. The molecule has 1 heterocycles. The summed E-state index contributed by atoms with van der Waals surface area (Å²) in [5.74, 6) is 0.702. The van der Waals surface area contributed by atoms with Gasteiger partial charge in [-0.3, -0.25) is 9.78 Å². The minimum atomic E-state index is -0.116. The molecule has 1 aromatic carbocycles. The van der Waals surface area contributed by atoms with Gasteiger partial charge < -0.3 is 10.1 Å². The lowest BCUT2D eigenvalue weighted by atomic mass is 10.2. The zero-order valence-corrected chi connectivity index (χ0v) is 10.8. The second-order valence-corrected chi connectivity index (χ2v) is 4.16. The van der Waals surface area contributed by atoms with Gasteiger partial charge in [0.2, 0.25) is 0 Å². The Hall–Kier alpha value is -2.36. The van der Waals surface area contributed by atoms with Gasteiger partial charge >= 0.3 is 0 Å². The molecule has 1 N–H and O–H groups in total. The molecule has 0 aliphatic carbocycles. The number of carbonyl (C=O) groups excluding carboxylic acids is 1. The number of hydrogen-bond acceptors (Lipinski definition) is 3. The molecule has 0 bridgehead atoms. The summed E-state index contributed by atoms with van der Waals surface area (Å²) in [4.78, 5) is 15.6. The van der Waals surface area contributed by atoms with E-state index in [1.807, 2.05) is 31.2 Å². The molecule has 19 heavy (non-hydrogen) atoms. The summed E-state index contributed by atoms with van der Waals surface area (Å²) in [6.45, 7) is 2.92. The average Bonchev–Trinajstić information content (AvgIpc) is 2.44. The summed E-state index contributed by atoms with van der Waals surface area (Å²) >= 11 is 0. The third kappa shape index (κ3) is 4.10. The second kappa shape index (κ2) is 6.54. The van der Waals surface area contributed by atoms with Gasteiger partial charge in [0.25, 0.3) is 5.91 Å². The van der Waals surface area contributed by atoms with E-state index in [0.29, 0.717) is 18.7 Å². The van der Waals surface area contributed by atoms with Gasteiger partial charge in [0, 0.05) is 18.0 Å². The van der Waals surface area contributed by atoms with Crippen LogP contribution in [0.15, 0.2) is 48.8 Å². The quantitative estimate of drug-likeness (QED) is 0.834. The van der Waals surface area contributed by atoms with Crippen LogP contribution in [-0.2, 0) is 0 Å². The lowest BCUT2D eigenvalue weighted by molar-refractivity contribution is 0.0947. The van der Waals surface area contributed by atoms with Crippen LogP contribution >= 0.6 is 0 Å². The number of rotatable bonds is 5. The Balaban J connectivity index is 1.74. The number of nitrogens with one attached hydrogen (secondary N) is 1. The van der Waals surface area contributed by atoms with Gasteiger partial charge in [0.05, 0.1) is 6.54 Å². The molecular weight excluding hydrogens is 240 g/mol. The summed E-state index contributed by atoms with van der Waals surface area (Å²) in [5.41, 5.74) is 1.75. The maximum absolute atomic E-state index is 11.7. The number of carbonyl (C=O) groups is 1. The lowest BCUT2D eigenvalue weighted by Gasteiger charge is -2.08. The molecule has 0 spiro atoms. The molecule has 0 fully saturated rings. The van der Waals surface area contributed by atoms with Crippen LogP contribution in [0.2, 0.25) is 0 Å². The number of hydrogen-bond donors (Lipinski definition) is 1. The van der Waals surface area contributed by atoms with Gasteiger partial charge in [-0.05, 0) is 36.8 Å². The molecule has 0 aliphatic heterocycles. The molecule has 0 saturated carbocycles. The van der Waals surface area contributed by atoms with Crippen molar-refractivity contribution in [3.05, 3.63) is 59.9 Å². The highest BCUT2D eigenvalue weighted by molar-refractivity contribution is 5.93. The van der Waals surface area contributed by atoms with Crippen LogP contribution in [0.1, 0.15) is 15.9 Å². The zero-order valence-electron chi connectivity index (χ0n) is 10.8. The van der Waals surface area contributed by atoms with Gasteiger partial charge in [-0.1, -0.05) is 12.1 Å². The fourth-order valence-corrected chi connectivity index (χ4v) is 1.64. The van der Waals surface area contributed by atoms with Crippen molar-refractivity contribution in [2.45, 2.75) is 6.92 Å². The van der Waals surface area contributed by atoms with Crippen molar-refractivity contribution in [2.75, 3.05) is 13.2 Å². The van der Waals surface area contributed by atoms with Gasteiger partial charge in [-0.2, -0.15) is 0 Å². The van der Waals surface area contributed by atoms with E-state index in [4.69, 9.17) is 4.74 Å². The highest BCUT2D eigenvalue weighted by Crippen LogP contribution is 2.11. The molecule has 2 rings (SSSR count). The van der Waals surface area contributed by atoms with E-state index in [9.17, 15) is 4.79 Å². The number of nitrogens with zero attached hydrogens (tertiary/aromatic N) is 1. The molecule has 2 aromatic rings. The molecule has 0 unspecified atom stereocenters. The number of pyridine rings is 1. The Labute approximate surface area is 112 Å². The third-order valence-electron chi connectivity index (χ3n) is 2.59. The van der Waals surface area contributed by atoms with Crippen LogP contribution in [0.4, 0.5) is 0 Å². The van der Waals surface area contributed by atoms with E-state index in [0.717, 1.165) is 11.3 Å². The molecule has 1 aromatic heterocycles. The molecule has 98 valence electrons. The molecule has 4 nitrogen and oxygen atoms in total. The maximum atomic E-state index is 11.7. The molecule has 1 amide bonds. The normalized spacial score (nSPS) is 9.95. The summed E-state index contributed by atoms with van der Waals surface area (Å²) in [6.07, 6.45) is 3.19. The molecule has 0 atom stereocenters. The van der Waals surface area contributed by atoms with Crippen LogP contribution in [0.5, 0.6) is 5.75 Å². The largest absolute Gasteiger partial charge is 0.492 e. The minimum Gasteiger partial charge on any atom is -0.492 e. The Morgan fingerprint density at radius 2 is 2.05 bits per heavy atom. The van der Waals surface area contributed by atoms with E-state index in [1.54, 1.807) is 24.5 Å². The average molecular weight is 256 g/mol. The number of amides is 1.